The molecule has 0 fully saturated rings. The molecule has 6 nitrogen and oxygen atoms in total. The van der Waals surface area contributed by atoms with Crippen molar-refractivity contribution in [1.29, 1.82) is 0 Å². The van der Waals surface area contributed by atoms with E-state index in [0.29, 0.717) is 36.3 Å². The molecule has 37 heavy (non-hydrogen) atoms. The topological polar surface area (TPSA) is 83.8 Å². The molecule has 0 spiro atoms. The lowest BCUT2D eigenvalue weighted by atomic mass is 10.0. The average molecular weight is 584 g/mol. The van der Waals surface area contributed by atoms with Gasteiger partial charge in [0.15, 0.2) is 0 Å². The molecule has 0 unspecified atom stereocenters. The standard InChI is InChI=1S/C29H28BrClN2O4/c30-29-22(9-4-10-25(29)21-7-2-1-3-8-21)19-37-28-13-27(36-18-20-6-5-11-32-14-20)23(12-26(28)31)15-33-24(16-34)17-35/h1-14,24,33-35H,15-19H2. The highest BCUT2D eigenvalue weighted by Crippen LogP contribution is 2.36. The van der Waals surface area contributed by atoms with E-state index in [1.165, 1.54) is 0 Å². The maximum absolute atomic E-state index is 9.41. The molecule has 3 aromatic carbocycles. The summed E-state index contributed by atoms with van der Waals surface area (Å²) in [6.07, 6.45) is 3.46. The summed E-state index contributed by atoms with van der Waals surface area (Å²) in [6, 6.07) is 23.1. The Balaban J connectivity index is 1.55. The lowest BCUT2D eigenvalue weighted by molar-refractivity contribution is 0.170. The second kappa shape index (κ2) is 13.6. The maximum atomic E-state index is 9.41. The predicted molar refractivity (Wildman–Crippen MR) is 149 cm³/mol. The Kier molecular flexibility index (Phi) is 9.93. The van der Waals surface area contributed by atoms with Crippen LogP contribution in [0.2, 0.25) is 5.02 Å². The molecule has 1 aromatic heterocycles. The molecule has 8 heteroatoms. The first-order chi connectivity index (χ1) is 18.1. The van der Waals surface area contributed by atoms with Crippen LogP contribution < -0.4 is 14.8 Å². The van der Waals surface area contributed by atoms with Crippen LogP contribution in [0.1, 0.15) is 16.7 Å². The van der Waals surface area contributed by atoms with Crippen LogP contribution in [0.15, 0.2) is 89.7 Å². The van der Waals surface area contributed by atoms with Gasteiger partial charge in [-0.3, -0.25) is 4.98 Å². The normalized spacial score (nSPS) is 11.1. The van der Waals surface area contributed by atoms with Gasteiger partial charge in [-0.1, -0.05) is 66.2 Å². The van der Waals surface area contributed by atoms with Crippen LogP contribution in [-0.4, -0.2) is 34.5 Å². The number of nitrogens with one attached hydrogen (secondary N) is 1. The van der Waals surface area contributed by atoms with Crippen molar-refractivity contribution in [2.24, 2.45) is 0 Å². The number of rotatable bonds is 12. The zero-order valence-corrected chi connectivity index (χ0v) is 22.5. The summed E-state index contributed by atoms with van der Waals surface area (Å²) in [5, 5.41) is 22.4. The highest BCUT2D eigenvalue weighted by molar-refractivity contribution is 9.10. The van der Waals surface area contributed by atoms with Crippen LogP contribution in [0, 0.1) is 0 Å². The summed E-state index contributed by atoms with van der Waals surface area (Å²) in [5.74, 6) is 1.08. The van der Waals surface area contributed by atoms with Gasteiger partial charge >= 0.3 is 0 Å². The number of hydrogen-bond donors (Lipinski definition) is 3. The lowest BCUT2D eigenvalue weighted by Crippen LogP contribution is -2.35. The highest BCUT2D eigenvalue weighted by Gasteiger charge is 2.15. The Morgan fingerprint density at radius 1 is 0.865 bits per heavy atom. The molecule has 0 aliphatic rings. The van der Waals surface area contributed by atoms with E-state index in [9.17, 15) is 10.2 Å². The van der Waals surface area contributed by atoms with E-state index in [0.717, 1.165) is 32.3 Å². The fraction of sp³-hybridized carbons (Fsp3) is 0.207. The van der Waals surface area contributed by atoms with E-state index in [1.54, 1.807) is 24.5 Å². The number of benzene rings is 3. The Morgan fingerprint density at radius 3 is 2.38 bits per heavy atom. The first-order valence-corrected chi connectivity index (χ1v) is 13.0. The summed E-state index contributed by atoms with van der Waals surface area (Å²) in [6.45, 7) is 0.592. The van der Waals surface area contributed by atoms with Gasteiger partial charge in [0.1, 0.15) is 24.7 Å². The van der Waals surface area contributed by atoms with Crippen molar-refractivity contribution >= 4 is 27.5 Å². The first kappa shape index (κ1) is 27.1. The van der Waals surface area contributed by atoms with Gasteiger partial charge in [-0.2, -0.15) is 0 Å². The Bertz CT molecular complexity index is 1290. The number of ether oxygens (including phenoxy) is 2. The number of aromatic nitrogens is 1. The van der Waals surface area contributed by atoms with E-state index in [2.05, 4.69) is 44.4 Å². The number of aliphatic hydroxyl groups excluding tert-OH is 2. The third kappa shape index (κ3) is 7.31. The van der Waals surface area contributed by atoms with Crippen LogP contribution in [0.25, 0.3) is 11.1 Å². The smallest absolute Gasteiger partial charge is 0.142 e. The van der Waals surface area contributed by atoms with Gasteiger partial charge in [0, 0.05) is 46.2 Å². The summed E-state index contributed by atoms with van der Waals surface area (Å²) in [7, 11) is 0. The Hall–Kier alpha value is -2.94. The molecule has 0 atom stereocenters. The minimum absolute atomic E-state index is 0.186. The molecule has 4 rings (SSSR count). The minimum Gasteiger partial charge on any atom is -0.488 e. The van der Waals surface area contributed by atoms with Crippen molar-refractivity contribution < 1.29 is 19.7 Å². The number of hydrogen-bond acceptors (Lipinski definition) is 6. The molecule has 3 N–H and O–H groups in total. The van der Waals surface area contributed by atoms with E-state index in [-0.39, 0.29) is 13.2 Å². The number of halogens is 2. The third-order valence-electron chi connectivity index (χ3n) is 5.80. The molecule has 1 heterocycles. The number of aliphatic hydroxyl groups is 2. The van der Waals surface area contributed by atoms with Crippen molar-refractivity contribution in [3.8, 4) is 22.6 Å². The van der Waals surface area contributed by atoms with Crippen LogP contribution in [0.3, 0.4) is 0 Å². The van der Waals surface area contributed by atoms with Gasteiger partial charge in [0.25, 0.3) is 0 Å². The molecule has 0 saturated carbocycles. The van der Waals surface area contributed by atoms with Crippen molar-refractivity contribution in [3.05, 3.63) is 111 Å². The predicted octanol–water partition coefficient (Wildman–Crippen LogP) is 5.77. The molecule has 0 aliphatic carbocycles. The van der Waals surface area contributed by atoms with Gasteiger partial charge in [0.2, 0.25) is 0 Å². The second-order valence-electron chi connectivity index (χ2n) is 8.42. The van der Waals surface area contributed by atoms with E-state index in [1.807, 2.05) is 42.5 Å². The maximum Gasteiger partial charge on any atom is 0.142 e. The van der Waals surface area contributed by atoms with Gasteiger partial charge < -0.3 is 25.0 Å². The van der Waals surface area contributed by atoms with E-state index in [4.69, 9.17) is 21.1 Å². The van der Waals surface area contributed by atoms with Crippen molar-refractivity contribution in [2.75, 3.05) is 13.2 Å². The lowest BCUT2D eigenvalue weighted by Gasteiger charge is -2.18. The molecule has 4 aromatic rings. The highest BCUT2D eigenvalue weighted by atomic mass is 79.9. The van der Waals surface area contributed by atoms with Crippen molar-refractivity contribution in [3.63, 3.8) is 0 Å². The van der Waals surface area contributed by atoms with Crippen LogP contribution >= 0.6 is 27.5 Å². The summed E-state index contributed by atoms with van der Waals surface area (Å²) in [4.78, 5) is 4.13. The third-order valence-corrected chi connectivity index (χ3v) is 7.03. The molecule has 0 bridgehead atoms. The Morgan fingerprint density at radius 2 is 1.65 bits per heavy atom. The second-order valence-corrected chi connectivity index (χ2v) is 9.62. The first-order valence-electron chi connectivity index (χ1n) is 11.8. The van der Waals surface area contributed by atoms with Crippen molar-refractivity contribution in [1.82, 2.24) is 10.3 Å². The van der Waals surface area contributed by atoms with Gasteiger partial charge in [-0.25, -0.2) is 0 Å². The number of nitrogens with zero attached hydrogens (tertiary/aromatic N) is 1. The van der Waals surface area contributed by atoms with Crippen molar-refractivity contribution in [2.45, 2.75) is 25.8 Å². The fourth-order valence-electron chi connectivity index (χ4n) is 3.73. The largest absolute Gasteiger partial charge is 0.488 e. The SMILES string of the molecule is OCC(CO)NCc1cc(Cl)c(OCc2cccc(-c3ccccc3)c2Br)cc1OCc1cccnc1. The summed E-state index contributed by atoms with van der Waals surface area (Å²) >= 11 is 10.3. The van der Waals surface area contributed by atoms with Gasteiger partial charge in [-0.15, -0.1) is 0 Å². The van der Waals surface area contributed by atoms with E-state index < -0.39 is 6.04 Å². The molecule has 0 radical (unpaired) electrons. The molecule has 192 valence electrons. The van der Waals surface area contributed by atoms with E-state index >= 15 is 0 Å². The molecule has 0 amide bonds. The van der Waals surface area contributed by atoms with Crippen LogP contribution in [0.5, 0.6) is 11.5 Å². The molecular formula is C29H28BrClN2O4. The summed E-state index contributed by atoms with van der Waals surface area (Å²) < 4.78 is 13.2. The average Bonchev–Trinajstić information content (AvgIpc) is 2.94. The van der Waals surface area contributed by atoms with Gasteiger partial charge in [0.05, 0.1) is 24.3 Å². The van der Waals surface area contributed by atoms with Gasteiger partial charge in [-0.05, 0) is 39.2 Å². The van der Waals surface area contributed by atoms with Crippen LogP contribution in [-0.2, 0) is 19.8 Å². The fourth-order valence-corrected chi connectivity index (χ4v) is 4.58. The van der Waals surface area contributed by atoms with Crippen LogP contribution in [0.4, 0.5) is 0 Å². The number of pyridine rings is 1. The molecule has 0 saturated heterocycles. The minimum atomic E-state index is -0.449. The zero-order chi connectivity index (χ0) is 26.0. The molecular weight excluding hydrogens is 556 g/mol. The quantitative estimate of drug-likeness (QED) is 0.197. The Labute approximate surface area is 230 Å². The zero-order valence-electron chi connectivity index (χ0n) is 20.1. The molecule has 0 aliphatic heterocycles. The summed E-state index contributed by atoms with van der Waals surface area (Å²) in [5.41, 5.74) is 4.87. The monoisotopic (exact) mass is 582 g/mol.